The third-order valence-electron chi connectivity index (χ3n) is 8.54. The molecule has 0 aliphatic carbocycles. The summed E-state index contributed by atoms with van der Waals surface area (Å²) in [6.07, 6.45) is 7.24. The molecule has 0 fully saturated rings. The number of anilines is 1. The molecule has 0 radical (unpaired) electrons. The minimum Gasteiger partial charge on any atom is -0.497 e. The number of rotatable bonds is 14. The molecule has 1 aliphatic rings. The van der Waals surface area contributed by atoms with Crippen molar-refractivity contribution >= 4 is 38.5 Å². The van der Waals surface area contributed by atoms with E-state index in [-0.39, 0.29) is 5.57 Å². The Hall–Kier alpha value is -5.33. The molecule has 0 bridgehead atoms. The third-order valence-corrected chi connectivity index (χ3v) is 9.56. The largest absolute Gasteiger partial charge is 0.497 e. The van der Waals surface area contributed by atoms with Gasteiger partial charge in [0.15, 0.2) is 0 Å². The summed E-state index contributed by atoms with van der Waals surface area (Å²) in [6, 6.07) is 31.9. The van der Waals surface area contributed by atoms with Crippen molar-refractivity contribution in [2.75, 3.05) is 31.3 Å². The molecule has 0 saturated heterocycles. The minimum absolute atomic E-state index is 0.285. The Bertz CT molecular complexity index is 1990. The Morgan fingerprint density at radius 3 is 2.04 bits per heavy atom. The maximum Gasteiger partial charge on any atom is 0.273 e. The van der Waals surface area contributed by atoms with Gasteiger partial charge < -0.3 is 14.4 Å². The monoisotopic (exact) mass is 675 g/mol. The number of carbonyl (C=O) groups excluding carboxylic acids is 1. The highest BCUT2D eigenvalue weighted by Crippen LogP contribution is 2.43. The van der Waals surface area contributed by atoms with Crippen molar-refractivity contribution < 1.29 is 22.7 Å². The Labute approximate surface area is 289 Å². The van der Waals surface area contributed by atoms with Crippen LogP contribution >= 0.6 is 0 Å². The van der Waals surface area contributed by atoms with Crippen molar-refractivity contribution in [3.8, 4) is 17.6 Å². The Morgan fingerprint density at radius 1 is 0.837 bits per heavy atom. The van der Waals surface area contributed by atoms with Gasteiger partial charge in [-0.3, -0.25) is 4.79 Å². The quantitative estimate of drug-likeness (QED) is 0.0989. The molecule has 0 atom stereocenters. The Kier molecular flexibility index (Phi) is 11.2. The number of benzene rings is 4. The molecule has 4 aromatic carbocycles. The van der Waals surface area contributed by atoms with Gasteiger partial charge in [-0.2, -0.15) is 5.26 Å². The summed E-state index contributed by atoms with van der Waals surface area (Å²) in [5.41, 5.74) is 5.71. The number of fused-ring (bicyclic) bond motifs is 1. The van der Waals surface area contributed by atoms with E-state index in [1.807, 2.05) is 66.7 Å². The molecule has 1 amide bonds. The first-order valence-corrected chi connectivity index (χ1v) is 18.2. The summed E-state index contributed by atoms with van der Waals surface area (Å²) in [4.78, 5) is 16.6. The van der Waals surface area contributed by atoms with Crippen LogP contribution in [0.5, 0.6) is 11.5 Å². The maximum absolute atomic E-state index is 14.3. The number of para-hydroxylation sites is 1. The van der Waals surface area contributed by atoms with Crippen molar-refractivity contribution in [1.29, 1.82) is 5.26 Å². The SMILES string of the molecule is CCCCCCN(Cc1ccc(OC)cc1)/C(=C/C(=C1\C(=O)N(S(C)(=O)=O)c2ccccc21)c1ccc(OC)cc1)c1ccc(C#N)cc1. The molecular formula is C40H41N3O5S. The highest BCUT2D eigenvalue weighted by molar-refractivity contribution is 7.93. The molecule has 8 nitrogen and oxygen atoms in total. The maximum atomic E-state index is 14.3. The van der Waals surface area contributed by atoms with E-state index >= 15 is 0 Å². The van der Waals surface area contributed by atoms with Gasteiger partial charge in [-0.25, -0.2) is 12.7 Å². The van der Waals surface area contributed by atoms with E-state index in [9.17, 15) is 18.5 Å². The zero-order valence-corrected chi connectivity index (χ0v) is 29.2. The molecule has 0 aromatic heterocycles. The summed E-state index contributed by atoms with van der Waals surface area (Å²) in [5, 5.41) is 9.58. The number of methoxy groups -OCH3 is 2. The van der Waals surface area contributed by atoms with Crippen LogP contribution < -0.4 is 13.8 Å². The Balaban J connectivity index is 1.79. The van der Waals surface area contributed by atoms with E-state index in [1.165, 1.54) is 0 Å². The molecule has 9 heteroatoms. The number of hydrogen-bond donors (Lipinski definition) is 0. The number of carbonyl (C=O) groups is 1. The number of hydrogen-bond acceptors (Lipinski definition) is 7. The summed E-state index contributed by atoms with van der Waals surface area (Å²) in [5.74, 6) is 0.799. The molecule has 1 heterocycles. The molecule has 0 unspecified atom stereocenters. The molecular weight excluding hydrogens is 635 g/mol. The van der Waals surface area contributed by atoms with Crippen molar-refractivity contribution in [3.63, 3.8) is 0 Å². The van der Waals surface area contributed by atoms with E-state index in [0.717, 1.165) is 70.9 Å². The van der Waals surface area contributed by atoms with Crippen LogP contribution in [0.25, 0.3) is 16.8 Å². The zero-order chi connectivity index (χ0) is 35.0. The average Bonchev–Trinajstić information content (AvgIpc) is 3.42. The summed E-state index contributed by atoms with van der Waals surface area (Å²) in [6.45, 7) is 3.47. The fourth-order valence-electron chi connectivity index (χ4n) is 6.02. The normalized spacial score (nSPS) is 13.9. The van der Waals surface area contributed by atoms with Gasteiger partial charge in [0.25, 0.3) is 5.91 Å². The van der Waals surface area contributed by atoms with E-state index in [4.69, 9.17) is 9.47 Å². The van der Waals surface area contributed by atoms with Crippen molar-refractivity contribution in [1.82, 2.24) is 4.90 Å². The summed E-state index contributed by atoms with van der Waals surface area (Å²) < 4.78 is 37.8. The second kappa shape index (κ2) is 15.7. The lowest BCUT2D eigenvalue weighted by molar-refractivity contribution is -0.111. The first-order valence-electron chi connectivity index (χ1n) is 16.3. The van der Waals surface area contributed by atoms with Crippen LogP contribution in [0.4, 0.5) is 5.69 Å². The molecule has 5 rings (SSSR count). The molecule has 0 saturated carbocycles. The predicted octanol–water partition coefficient (Wildman–Crippen LogP) is 7.92. The van der Waals surface area contributed by atoms with Gasteiger partial charge >= 0.3 is 0 Å². The third kappa shape index (κ3) is 8.04. The lowest BCUT2D eigenvalue weighted by Crippen LogP contribution is -2.32. The van der Waals surface area contributed by atoms with Crippen LogP contribution in [0.1, 0.15) is 60.4 Å². The fourth-order valence-corrected chi connectivity index (χ4v) is 6.93. The second-order valence-corrected chi connectivity index (χ2v) is 13.7. The molecule has 252 valence electrons. The van der Waals surface area contributed by atoms with E-state index in [2.05, 4.69) is 17.9 Å². The number of ether oxygens (including phenoxy) is 2. The summed E-state index contributed by atoms with van der Waals surface area (Å²) >= 11 is 0. The number of sulfonamides is 1. The van der Waals surface area contributed by atoms with Crippen LogP contribution in [0.2, 0.25) is 0 Å². The number of allylic oxidation sites excluding steroid dienone is 2. The topological polar surface area (TPSA) is 99.9 Å². The first-order chi connectivity index (χ1) is 23.7. The second-order valence-electron chi connectivity index (χ2n) is 11.9. The van der Waals surface area contributed by atoms with Gasteiger partial charge in [-0.1, -0.05) is 80.8 Å². The predicted molar refractivity (Wildman–Crippen MR) is 195 cm³/mol. The number of nitrogens with zero attached hydrogens (tertiary/aromatic N) is 3. The van der Waals surface area contributed by atoms with E-state index in [0.29, 0.717) is 34.7 Å². The van der Waals surface area contributed by atoms with Crippen LogP contribution in [0.15, 0.2) is 103 Å². The van der Waals surface area contributed by atoms with Crippen molar-refractivity contribution in [2.24, 2.45) is 0 Å². The van der Waals surface area contributed by atoms with Crippen LogP contribution in [-0.4, -0.2) is 46.2 Å². The smallest absolute Gasteiger partial charge is 0.273 e. The van der Waals surface area contributed by atoms with Gasteiger partial charge in [-0.15, -0.1) is 0 Å². The number of unbranched alkanes of at least 4 members (excludes halogenated alkanes) is 3. The molecule has 1 aliphatic heterocycles. The Morgan fingerprint density at radius 2 is 1.45 bits per heavy atom. The lowest BCUT2D eigenvalue weighted by atomic mass is 9.93. The highest BCUT2D eigenvalue weighted by Gasteiger charge is 2.39. The first kappa shape index (κ1) is 35.0. The summed E-state index contributed by atoms with van der Waals surface area (Å²) in [7, 11) is -0.703. The average molecular weight is 676 g/mol. The molecule has 49 heavy (non-hydrogen) atoms. The van der Waals surface area contributed by atoms with Crippen LogP contribution in [0, 0.1) is 11.3 Å². The van der Waals surface area contributed by atoms with Gasteiger partial charge in [0.05, 0.1) is 43.4 Å². The van der Waals surface area contributed by atoms with Gasteiger partial charge in [0, 0.05) is 24.4 Å². The van der Waals surface area contributed by atoms with Crippen molar-refractivity contribution in [3.05, 3.63) is 131 Å². The molecule has 0 spiro atoms. The number of nitriles is 1. The van der Waals surface area contributed by atoms with E-state index in [1.54, 1.807) is 50.6 Å². The zero-order valence-electron chi connectivity index (χ0n) is 28.3. The molecule has 4 aromatic rings. The standard InChI is InChI=1S/C40H41N3O5S/c1-5-6-7-10-25-42(28-30-15-21-33(47-2)22-16-30)38(32-17-13-29(27-41)14-18-32)26-36(31-19-23-34(48-3)24-20-31)39-35-11-8-9-12-37(35)43(40(39)44)49(4,45)46/h8-9,11-24,26H,5-7,10,25,28H2,1-4H3/b38-26+,39-36+. The highest BCUT2D eigenvalue weighted by atomic mass is 32.2. The van der Waals surface area contributed by atoms with Crippen molar-refractivity contribution in [2.45, 2.75) is 39.2 Å². The van der Waals surface area contributed by atoms with Gasteiger partial charge in [-0.05, 0) is 77.2 Å². The fraction of sp³-hybridized carbons (Fsp3) is 0.250. The van der Waals surface area contributed by atoms with E-state index < -0.39 is 15.9 Å². The molecule has 0 N–H and O–H groups in total. The van der Waals surface area contributed by atoms with Crippen LogP contribution in [-0.2, 0) is 21.4 Å². The van der Waals surface area contributed by atoms with Crippen LogP contribution in [0.3, 0.4) is 0 Å². The van der Waals surface area contributed by atoms with Gasteiger partial charge in [0.2, 0.25) is 10.0 Å². The minimum atomic E-state index is -3.94. The number of amides is 1. The van der Waals surface area contributed by atoms with Gasteiger partial charge in [0.1, 0.15) is 11.5 Å². The lowest BCUT2D eigenvalue weighted by Gasteiger charge is -2.29.